The van der Waals surface area contributed by atoms with Gasteiger partial charge in [-0.05, 0) is 53.6 Å². The number of benzene rings is 1. The minimum absolute atomic E-state index is 0.284. The van der Waals surface area contributed by atoms with Gasteiger partial charge in [0, 0.05) is 22.5 Å². The molecule has 1 aromatic carbocycles. The lowest BCUT2D eigenvalue weighted by Crippen LogP contribution is -2.39. The quantitative estimate of drug-likeness (QED) is 0.769. The standard InChI is InChI=1S/C14H17ClINO2/c15-12-9-10(16)1-2-13(12)17-11-3-5-14(6-4-11)18-7-8-19-14/h1-2,9,11,17H,3-8H2. The second-order valence-corrected chi connectivity index (χ2v) is 6.80. The third-order valence-corrected chi connectivity index (χ3v) is 4.84. The van der Waals surface area contributed by atoms with Crippen LogP contribution in [0.2, 0.25) is 5.02 Å². The Kier molecular flexibility index (Phi) is 4.22. The van der Waals surface area contributed by atoms with Crippen molar-refractivity contribution in [2.24, 2.45) is 0 Å². The highest BCUT2D eigenvalue weighted by Gasteiger charge is 2.40. The molecule has 3 nitrogen and oxygen atoms in total. The molecule has 1 spiro atoms. The maximum Gasteiger partial charge on any atom is 0.168 e. The fourth-order valence-corrected chi connectivity index (χ4v) is 3.72. The summed E-state index contributed by atoms with van der Waals surface area (Å²) in [5.74, 6) is -0.284. The Bertz CT molecular complexity index is 453. The highest BCUT2D eigenvalue weighted by Crippen LogP contribution is 2.37. The number of hydrogen-bond donors (Lipinski definition) is 1. The fourth-order valence-electron chi connectivity index (χ4n) is 2.81. The molecule has 1 aliphatic heterocycles. The number of hydrogen-bond acceptors (Lipinski definition) is 3. The summed E-state index contributed by atoms with van der Waals surface area (Å²) in [4.78, 5) is 0. The second-order valence-electron chi connectivity index (χ2n) is 5.15. The molecule has 1 aromatic rings. The van der Waals surface area contributed by atoms with Gasteiger partial charge in [0.25, 0.3) is 0 Å². The smallest absolute Gasteiger partial charge is 0.168 e. The van der Waals surface area contributed by atoms with Crippen LogP contribution in [-0.2, 0) is 9.47 Å². The van der Waals surface area contributed by atoms with Gasteiger partial charge in [-0.2, -0.15) is 0 Å². The molecule has 5 heteroatoms. The maximum absolute atomic E-state index is 6.25. The molecule has 2 aliphatic rings. The monoisotopic (exact) mass is 393 g/mol. The van der Waals surface area contributed by atoms with E-state index in [-0.39, 0.29) is 5.79 Å². The molecule has 1 heterocycles. The predicted octanol–water partition coefficient (Wildman–Crippen LogP) is 4.04. The van der Waals surface area contributed by atoms with Gasteiger partial charge in [-0.1, -0.05) is 11.6 Å². The van der Waals surface area contributed by atoms with E-state index in [2.05, 4.69) is 40.0 Å². The number of ether oxygens (including phenoxy) is 2. The second kappa shape index (κ2) is 5.76. The molecule has 19 heavy (non-hydrogen) atoms. The van der Waals surface area contributed by atoms with Crippen LogP contribution >= 0.6 is 34.2 Å². The van der Waals surface area contributed by atoms with Gasteiger partial charge < -0.3 is 14.8 Å². The van der Waals surface area contributed by atoms with Crippen LogP contribution in [0.3, 0.4) is 0 Å². The van der Waals surface area contributed by atoms with Gasteiger partial charge >= 0.3 is 0 Å². The van der Waals surface area contributed by atoms with E-state index in [1.165, 1.54) is 0 Å². The lowest BCUT2D eigenvalue weighted by atomic mass is 9.90. The largest absolute Gasteiger partial charge is 0.381 e. The van der Waals surface area contributed by atoms with Gasteiger partial charge in [0.1, 0.15) is 0 Å². The third kappa shape index (κ3) is 3.17. The van der Waals surface area contributed by atoms with Crippen LogP contribution in [0.5, 0.6) is 0 Å². The SMILES string of the molecule is Clc1cc(I)ccc1NC1CCC2(CC1)OCCO2. The number of halogens is 2. The summed E-state index contributed by atoms with van der Waals surface area (Å²) < 4.78 is 12.6. The Morgan fingerprint density at radius 3 is 2.53 bits per heavy atom. The molecule has 0 bridgehead atoms. The van der Waals surface area contributed by atoms with Crippen LogP contribution in [0.1, 0.15) is 25.7 Å². The molecule has 0 radical (unpaired) electrons. The van der Waals surface area contributed by atoms with E-state index < -0.39 is 0 Å². The summed E-state index contributed by atoms with van der Waals surface area (Å²) >= 11 is 8.52. The Morgan fingerprint density at radius 2 is 1.89 bits per heavy atom. The van der Waals surface area contributed by atoms with Crippen LogP contribution < -0.4 is 5.32 Å². The third-order valence-electron chi connectivity index (χ3n) is 3.85. The van der Waals surface area contributed by atoms with Gasteiger partial charge in [0.15, 0.2) is 5.79 Å². The molecule has 1 aliphatic carbocycles. The molecule has 3 rings (SSSR count). The zero-order valence-corrected chi connectivity index (χ0v) is 13.5. The van der Waals surface area contributed by atoms with Crippen molar-refractivity contribution in [1.82, 2.24) is 0 Å². The Balaban J connectivity index is 1.60. The minimum atomic E-state index is -0.284. The number of rotatable bonds is 2. The van der Waals surface area contributed by atoms with Crippen molar-refractivity contribution in [1.29, 1.82) is 0 Å². The average Bonchev–Trinajstić information content (AvgIpc) is 2.84. The van der Waals surface area contributed by atoms with Crippen molar-refractivity contribution in [3.05, 3.63) is 26.8 Å². The van der Waals surface area contributed by atoms with Crippen molar-refractivity contribution in [3.8, 4) is 0 Å². The first-order chi connectivity index (χ1) is 9.17. The molecular formula is C14H17ClINO2. The van der Waals surface area contributed by atoms with E-state index in [0.29, 0.717) is 6.04 Å². The van der Waals surface area contributed by atoms with Crippen molar-refractivity contribution < 1.29 is 9.47 Å². The highest BCUT2D eigenvalue weighted by atomic mass is 127. The van der Waals surface area contributed by atoms with Crippen LogP contribution in [0.4, 0.5) is 5.69 Å². The van der Waals surface area contributed by atoms with E-state index in [4.69, 9.17) is 21.1 Å². The summed E-state index contributed by atoms with van der Waals surface area (Å²) in [7, 11) is 0. The van der Waals surface area contributed by atoms with Crippen molar-refractivity contribution in [2.75, 3.05) is 18.5 Å². The van der Waals surface area contributed by atoms with Gasteiger partial charge in [0.2, 0.25) is 0 Å². The van der Waals surface area contributed by atoms with E-state index in [1.54, 1.807) is 0 Å². The van der Waals surface area contributed by atoms with E-state index in [1.807, 2.05) is 6.07 Å². The predicted molar refractivity (Wildman–Crippen MR) is 84.7 cm³/mol. The summed E-state index contributed by atoms with van der Waals surface area (Å²) in [5.41, 5.74) is 1.02. The molecule has 1 saturated heterocycles. The molecule has 2 fully saturated rings. The van der Waals surface area contributed by atoms with Gasteiger partial charge in [0.05, 0.1) is 23.9 Å². The summed E-state index contributed by atoms with van der Waals surface area (Å²) in [6.07, 6.45) is 4.05. The Labute approximate surface area is 132 Å². The van der Waals surface area contributed by atoms with Gasteiger partial charge in [-0.25, -0.2) is 0 Å². The van der Waals surface area contributed by atoms with Crippen molar-refractivity contribution in [3.63, 3.8) is 0 Å². The van der Waals surface area contributed by atoms with E-state index in [9.17, 15) is 0 Å². The zero-order valence-electron chi connectivity index (χ0n) is 10.6. The number of anilines is 1. The molecule has 0 atom stereocenters. The first kappa shape index (κ1) is 13.9. The topological polar surface area (TPSA) is 30.5 Å². The molecular weight excluding hydrogens is 377 g/mol. The highest BCUT2D eigenvalue weighted by molar-refractivity contribution is 14.1. The normalized spacial score (nSPS) is 22.8. The maximum atomic E-state index is 6.25. The molecule has 0 aromatic heterocycles. The zero-order chi connectivity index (χ0) is 13.3. The first-order valence-electron chi connectivity index (χ1n) is 6.66. The van der Waals surface area contributed by atoms with Crippen molar-refractivity contribution in [2.45, 2.75) is 37.5 Å². The summed E-state index contributed by atoms with van der Waals surface area (Å²) in [6, 6.07) is 6.56. The molecule has 1 N–H and O–H groups in total. The first-order valence-corrected chi connectivity index (χ1v) is 8.12. The van der Waals surface area contributed by atoms with Crippen LogP contribution in [0.15, 0.2) is 18.2 Å². The number of nitrogens with one attached hydrogen (secondary N) is 1. The molecule has 1 saturated carbocycles. The van der Waals surface area contributed by atoms with Crippen molar-refractivity contribution >= 4 is 39.9 Å². The molecule has 0 amide bonds. The van der Waals surface area contributed by atoms with Crippen LogP contribution in [-0.4, -0.2) is 25.0 Å². The summed E-state index contributed by atoms with van der Waals surface area (Å²) in [5, 5.41) is 4.33. The lowest BCUT2D eigenvalue weighted by Gasteiger charge is -2.36. The van der Waals surface area contributed by atoms with Crippen LogP contribution in [0.25, 0.3) is 0 Å². The van der Waals surface area contributed by atoms with Gasteiger partial charge in [-0.15, -0.1) is 0 Å². The van der Waals surface area contributed by atoms with Crippen LogP contribution in [0, 0.1) is 3.57 Å². The van der Waals surface area contributed by atoms with E-state index in [0.717, 1.165) is 53.2 Å². The summed E-state index contributed by atoms with van der Waals surface area (Å²) in [6.45, 7) is 1.47. The molecule has 0 unspecified atom stereocenters. The average molecular weight is 394 g/mol. The Morgan fingerprint density at radius 1 is 1.21 bits per heavy atom. The fraction of sp³-hybridized carbons (Fsp3) is 0.571. The minimum Gasteiger partial charge on any atom is -0.381 e. The lowest BCUT2D eigenvalue weighted by molar-refractivity contribution is -0.177. The van der Waals surface area contributed by atoms with Gasteiger partial charge in [-0.3, -0.25) is 0 Å². The van der Waals surface area contributed by atoms with E-state index >= 15 is 0 Å². The Hall–Kier alpha value is -0.0400. The molecule has 104 valence electrons.